The van der Waals surface area contributed by atoms with Crippen LogP contribution in [0.3, 0.4) is 0 Å². The number of ketones is 1. The molecule has 10 heteroatoms. The minimum atomic E-state index is -1.29. The smallest absolute Gasteiger partial charge is 0.311 e. The second-order valence-corrected chi connectivity index (χ2v) is 10.00. The van der Waals surface area contributed by atoms with Crippen molar-refractivity contribution in [2.75, 3.05) is 12.0 Å². The fourth-order valence-electron chi connectivity index (χ4n) is 4.47. The van der Waals surface area contributed by atoms with Crippen molar-refractivity contribution < 1.29 is 29.5 Å². The fourth-order valence-corrected chi connectivity index (χ4v) is 4.47. The monoisotopic (exact) mass is 527 g/mol. The Morgan fingerprint density at radius 3 is 2.31 bits per heavy atom. The summed E-state index contributed by atoms with van der Waals surface area (Å²) in [5.74, 6) is -2.86. The van der Waals surface area contributed by atoms with Crippen molar-refractivity contribution in [2.45, 2.75) is 32.2 Å². The van der Waals surface area contributed by atoms with Crippen molar-refractivity contribution in [2.24, 2.45) is 0 Å². The Labute approximate surface area is 224 Å². The number of aliphatic hydroxyl groups excluding tert-OH is 1. The van der Waals surface area contributed by atoms with E-state index in [1.165, 1.54) is 37.4 Å². The number of phenolic OH excluding ortho intramolecular Hbond substituents is 1. The second kappa shape index (κ2) is 9.95. The first kappa shape index (κ1) is 26.9. The van der Waals surface area contributed by atoms with Gasteiger partial charge in [-0.1, -0.05) is 32.9 Å². The summed E-state index contributed by atoms with van der Waals surface area (Å²) in [4.78, 5) is 38.8. The van der Waals surface area contributed by atoms with Crippen molar-refractivity contribution >= 4 is 28.8 Å². The first-order chi connectivity index (χ1) is 18.4. The van der Waals surface area contributed by atoms with Gasteiger partial charge in [0.15, 0.2) is 5.75 Å². The van der Waals surface area contributed by atoms with E-state index in [4.69, 9.17) is 4.74 Å². The summed E-state index contributed by atoms with van der Waals surface area (Å²) < 4.78 is 5.44. The van der Waals surface area contributed by atoms with Gasteiger partial charge >= 0.3 is 5.69 Å². The fraction of sp³-hybridized carbons (Fsp3) is 0.207. The zero-order chi connectivity index (χ0) is 28.6. The Kier molecular flexibility index (Phi) is 6.86. The normalized spacial score (nSPS) is 16.7. The van der Waals surface area contributed by atoms with Crippen LogP contribution in [-0.2, 0) is 15.0 Å². The number of nitro groups is 1. The number of anilines is 1. The molecule has 0 radical (unpaired) electrons. The summed E-state index contributed by atoms with van der Waals surface area (Å²) in [5.41, 5.74) is 0.369. The van der Waals surface area contributed by atoms with Gasteiger partial charge < -0.3 is 14.9 Å². The van der Waals surface area contributed by atoms with Crippen LogP contribution in [-0.4, -0.2) is 33.9 Å². The first-order valence-corrected chi connectivity index (χ1v) is 11.9. The maximum atomic E-state index is 13.5. The third-order valence-electron chi connectivity index (χ3n) is 6.55. The molecular weight excluding hydrogens is 502 g/mol. The zero-order valence-electron chi connectivity index (χ0n) is 21.6. The second-order valence-electron chi connectivity index (χ2n) is 10.00. The van der Waals surface area contributed by atoms with Gasteiger partial charge in [-0.2, -0.15) is 5.26 Å². The number of ether oxygens (including phenoxy) is 1. The van der Waals surface area contributed by atoms with Gasteiger partial charge in [-0.15, -0.1) is 0 Å². The molecule has 3 aromatic carbocycles. The number of rotatable bonds is 5. The number of methoxy groups -OCH3 is 1. The third-order valence-corrected chi connectivity index (χ3v) is 6.55. The number of aromatic hydroxyl groups is 1. The van der Waals surface area contributed by atoms with Crippen LogP contribution in [0.5, 0.6) is 11.5 Å². The molecule has 0 aliphatic carbocycles. The number of Topliss-reactive ketones (excluding diaryl/α,β-unsaturated/α-hetero) is 1. The number of nitro benzene ring substituents is 1. The Morgan fingerprint density at radius 2 is 1.74 bits per heavy atom. The molecule has 3 aromatic rings. The van der Waals surface area contributed by atoms with Gasteiger partial charge in [0.2, 0.25) is 0 Å². The van der Waals surface area contributed by atoms with Crippen molar-refractivity contribution in [3.63, 3.8) is 0 Å². The molecule has 1 saturated heterocycles. The summed E-state index contributed by atoms with van der Waals surface area (Å²) in [6.45, 7) is 5.91. The number of nitriles is 1. The number of phenols is 1. The molecular formula is C29H25N3O7. The third kappa shape index (κ3) is 4.78. The number of carbonyl (C=O) groups is 2. The summed E-state index contributed by atoms with van der Waals surface area (Å²) in [5, 5.41) is 42.4. The molecule has 0 aromatic heterocycles. The molecule has 1 aliphatic rings. The number of hydrogen-bond acceptors (Lipinski definition) is 8. The van der Waals surface area contributed by atoms with E-state index in [2.05, 4.69) is 0 Å². The predicted molar refractivity (Wildman–Crippen MR) is 142 cm³/mol. The maximum Gasteiger partial charge on any atom is 0.311 e. The topological polar surface area (TPSA) is 154 Å². The average Bonchev–Trinajstić information content (AvgIpc) is 3.17. The largest absolute Gasteiger partial charge is 0.507 e. The standard InChI is InChI=1S/C29H25N3O7/c1-29(2,3)18-8-12-23(39-4)20(14-18)26(34)24-25(17-7-11-22(33)21(13-17)32(37)38)31(28(36)27(24)35)19-9-5-16(15-30)6-10-19/h5-14,25,33-34H,1-4H3/b26-24+. The molecule has 0 spiro atoms. The highest BCUT2D eigenvalue weighted by Crippen LogP contribution is 2.45. The molecule has 1 atom stereocenters. The molecule has 39 heavy (non-hydrogen) atoms. The molecule has 10 nitrogen and oxygen atoms in total. The van der Waals surface area contributed by atoms with Crippen LogP contribution in [0, 0.1) is 21.4 Å². The van der Waals surface area contributed by atoms with Crippen LogP contribution in [0.1, 0.15) is 49.1 Å². The van der Waals surface area contributed by atoms with E-state index in [1.807, 2.05) is 32.9 Å². The van der Waals surface area contributed by atoms with Crippen LogP contribution < -0.4 is 9.64 Å². The molecule has 1 unspecified atom stereocenters. The SMILES string of the molecule is COc1ccc(C(C)(C)C)cc1/C(O)=C1\C(=O)C(=O)N(c2ccc(C#N)cc2)C1c1ccc(O)c([N+](=O)[O-])c1. The lowest BCUT2D eigenvalue weighted by Gasteiger charge is -2.26. The highest BCUT2D eigenvalue weighted by Gasteiger charge is 2.47. The van der Waals surface area contributed by atoms with Crippen molar-refractivity contribution in [3.8, 4) is 17.6 Å². The van der Waals surface area contributed by atoms with Crippen molar-refractivity contribution in [1.29, 1.82) is 5.26 Å². The number of amides is 1. The summed E-state index contributed by atoms with van der Waals surface area (Å²) in [6, 6.07) is 15.2. The van der Waals surface area contributed by atoms with Gasteiger partial charge in [-0.05, 0) is 59.0 Å². The number of carbonyl (C=O) groups excluding carboxylic acids is 2. The average molecular weight is 528 g/mol. The van der Waals surface area contributed by atoms with Crippen molar-refractivity contribution in [3.05, 3.63) is 98.6 Å². The number of benzene rings is 3. The number of aliphatic hydroxyl groups is 1. The Morgan fingerprint density at radius 1 is 1.08 bits per heavy atom. The van der Waals surface area contributed by atoms with Crippen LogP contribution in [0.2, 0.25) is 0 Å². The van der Waals surface area contributed by atoms with Gasteiger partial charge in [0.25, 0.3) is 11.7 Å². The van der Waals surface area contributed by atoms with E-state index in [0.717, 1.165) is 22.6 Å². The zero-order valence-corrected chi connectivity index (χ0v) is 21.6. The molecule has 1 aliphatic heterocycles. The summed E-state index contributed by atoms with van der Waals surface area (Å²) >= 11 is 0. The molecule has 198 valence electrons. The minimum absolute atomic E-state index is 0.107. The molecule has 1 amide bonds. The van der Waals surface area contributed by atoms with E-state index in [-0.39, 0.29) is 33.6 Å². The van der Waals surface area contributed by atoms with E-state index >= 15 is 0 Å². The molecule has 1 heterocycles. The van der Waals surface area contributed by atoms with Gasteiger partial charge in [-0.3, -0.25) is 24.6 Å². The van der Waals surface area contributed by atoms with Crippen LogP contribution in [0.15, 0.2) is 66.2 Å². The minimum Gasteiger partial charge on any atom is -0.507 e. The quantitative estimate of drug-likeness (QED) is 0.153. The molecule has 0 bridgehead atoms. The Hall–Kier alpha value is -5.17. The van der Waals surface area contributed by atoms with E-state index in [9.17, 15) is 35.2 Å². The lowest BCUT2D eigenvalue weighted by atomic mass is 9.85. The summed E-state index contributed by atoms with van der Waals surface area (Å²) in [6.07, 6.45) is 0. The highest BCUT2D eigenvalue weighted by atomic mass is 16.6. The van der Waals surface area contributed by atoms with Crippen LogP contribution in [0.4, 0.5) is 11.4 Å². The Balaban J connectivity index is 2.03. The van der Waals surface area contributed by atoms with E-state index in [0.29, 0.717) is 5.56 Å². The lowest BCUT2D eigenvalue weighted by molar-refractivity contribution is -0.385. The Bertz CT molecular complexity index is 1580. The van der Waals surface area contributed by atoms with Crippen LogP contribution >= 0.6 is 0 Å². The molecule has 1 fully saturated rings. The van der Waals surface area contributed by atoms with Gasteiger partial charge in [-0.25, -0.2) is 0 Å². The van der Waals surface area contributed by atoms with Gasteiger partial charge in [0.1, 0.15) is 11.5 Å². The number of nitrogens with zero attached hydrogens (tertiary/aromatic N) is 3. The van der Waals surface area contributed by atoms with Crippen molar-refractivity contribution in [1.82, 2.24) is 0 Å². The first-order valence-electron chi connectivity index (χ1n) is 11.9. The van der Waals surface area contributed by atoms with Gasteiger partial charge in [0.05, 0.1) is 40.8 Å². The maximum absolute atomic E-state index is 13.5. The summed E-state index contributed by atoms with van der Waals surface area (Å²) in [7, 11) is 1.40. The van der Waals surface area contributed by atoms with Gasteiger partial charge in [0, 0.05) is 11.8 Å². The number of hydrogen-bond donors (Lipinski definition) is 2. The molecule has 4 rings (SSSR count). The lowest BCUT2D eigenvalue weighted by Crippen LogP contribution is -2.29. The predicted octanol–water partition coefficient (Wildman–Crippen LogP) is 5.10. The molecule has 2 N–H and O–H groups in total. The van der Waals surface area contributed by atoms with E-state index < -0.39 is 39.9 Å². The molecule has 0 saturated carbocycles. The van der Waals surface area contributed by atoms with Crippen LogP contribution in [0.25, 0.3) is 5.76 Å². The highest BCUT2D eigenvalue weighted by molar-refractivity contribution is 6.51. The van der Waals surface area contributed by atoms with E-state index in [1.54, 1.807) is 12.1 Å².